The van der Waals surface area contributed by atoms with E-state index in [1.807, 2.05) is 36.4 Å². The van der Waals surface area contributed by atoms with E-state index in [9.17, 15) is 9.59 Å². The van der Waals surface area contributed by atoms with Gasteiger partial charge in [0.05, 0.1) is 7.11 Å². The number of nitrogens with one attached hydrogen (secondary N) is 1. The van der Waals surface area contributed by atoms with Crippen molar-refractivity contribution >= 4 is 17.6 Å². The van der Waals surface area contributed by atoms with Crippen LogP contribution in [0.25, 0.3) is 11.1 Å². The minimum atomic E-state index is -0.540. The van der Waals surface area contributed by atoms with Crippen LogP contribution in [0.1, 0.15) is 31.7 Å². The molecule has 1 aliphatic heterocycles. The number of likely N-dealkylation sites (tertiary alicyclic amines) is 1. The third-order valence-electron chi connectivity index (χ3n) is 5.37. The van der Waals surface area contributed by atoms with Crippen LogP contribution in [0.3, 0.4) is 0 Å². The molecule has 5 nitrogen and oxygen atoms in total. The van der Waals surface area contributed by atoms with Gasteiger partial charge in [0.15, 0.2) is 0 Å². The number of hydrogen-bond donors (Lipinski definition) is 1. The van der Waals surface area contributed by atoms with Gasteiger partial charge in [0.25, 0.3) is 0 Å². The molecule has 1 heterocycles. The zero-order valence-corrected chi connectivity index (χ0v) is 16.6. The maximum Gasteiger partial charge on any atom is 0.315 e. The van der Waals surface area contributed by atoms with Gasteiger partial charge in [0, 0.05) is 18.3 Å². The van der Waals surface area contributed by atoms with E-state index in [4.69, 9.17) is 0 Å². The first kappa shape index (κ1) is 20.1. The number of nitrogens with zero attached hydrogens (tertiary/aromatic N) is 1. The molecule has 2 aromatic rings. The summed E-state index contributed by atoms with van der Waals surface area (Å²) in [5.41, 5.74) is 4.25. The molecule has 1 unspecified atom stereocenters. The van der Waals surface area contributed by atoms with Crippen LogP contribution in [0.2, 0.25) is 0 Å². The summed E-state index contributed by atoms with van der Waals surface area (Å²) in [4.78, 5) is 25.9. The fourth-order valence-electron chi connectivity index (χ4n) is 3.78. The summed E-state index contributed by atoms with van der Waals surface area (Å²) < 4.78 is 4.56. The molecule has 0 aliphatic carbocycles. The Kier molecular flexibility index (Phi) is 6.82. The Morgan fingerprint density at radius 3 is 2.64 bits per heavy atom. The number of amides is 1. The van der Waals surface area contributed by atoms with Crippen LogP contribution < -0.4 is 5.32 Å². The first-order valence-electron chi connectivity index (χ1n) is 9.86. The number of carbonyl (C=O) groups is 2. The molecule has 1 aliphatic rings. The summed E-state index contributed by atoms with van der Waals surface area (Å²) >= 11 is 0. The highest BCUT2D eigenvalue weighted by Crippen LogP contribution is 2.28. The van der Waals surface area contributed by atoms with E-state index in [0.717, 1.165) is 19.5 Å². The lowest BCUT2D eigenvalue weighted by molar-refractivity contribution is -0.142. The largest absolute Gasteiger partial charge is 0.469 e. The number of benzene rings is 2. The van der Waals surface area contributed by atoms with E-state index in [2.05, 4.69) is 34.0 Å². The highest BCUT2D eigenvalue weighted by Gasteiger charge is 2.20. The molecule has 1 fully saturated rings. The van der Waals surface area contributed by atoms with E-state index in [1.165, 1.54) is 36.6 Å². The van der Waals surface area contributed by atoms with Gasteiger partial charge in [-0.05, 0) is 61.6 Å². The molecule has 1 atom stereocenters. The fraction of sp³-hybridized carbons (Fsp3) is 0.391. The molecule has 2 aromatic carbocycles. The molecule has 0 bridgehead atoms. The Morgan fingerprint density at radius 1 is 1.18 bits per heavy atom. The van der Waals surface area contributed by atoms with E-state index in [1.54, 1.807) is 0 Å². The molecule has 1 amide bonds. The highest BCUT2D eigenvalue weighted by atomic mass is 16.5. The smallest absolute Gasteiger partial charge is 0.315 e. The zero-order chi connectivity index (χ0) is 19.9. The van der Waals surface area contributed by atoms with Gasteiger partial charge in [-0.2, -0.15) is 0 Å². The second-order valence-corrected chi connectivity index (χ2v) is 7.32. The Morgan fingerprint density at radius 2 is 1.96 bits per heavy atom. The van der Waals surface area contributed by atoms with E-state index in [-0.39, 0.29) is 12.3 Å². The number of methoxy groups -OCH3 is 1. The third-order valence-corrected chi connectivity index (χ3v) is 5.37. The number of rotatable bonds is 7. The second-order valence-electron chi connectivity index (χ2n) is 7.32. The second kappa shape index (κ2) is 9.51. The Hall–Kier alpha value is -2.66. The Bertz CT molecular complexity index is 820. The van der Waals surface area contributed by atoms with Crippen molar-refractivity contribution in [2.24, 2.45) is 0 Å². The van der Waals surface area contributed by atoms with E-state index < -0.39 is 5.97 Å². The predicted octanol–water partition coefficient (Wildman–Crippen LogP) is 3.88. The Balaban J connectivity index is 1.79. The topological polar surface area (TPSA) is 58.6 Å². The molecule has 1 N–H and O–H groups in total. The lowest BCUT2D eigenvalue weighted by atomic mass is 9.96. The third kappa shape index (κ3) is 5.20. The summed E-state index contributed by atoms with van der Waals surface area (Å²) in [7, 11) is 1.28. The highest BCUT2D eigenvalue weighted by molar-refractivity contribution is 6.02. The van der Waals surface area contributed by atoms with Crippen molar-refractivity contribution in [2.45, 2.75) is 38.6 Å². The van der Waals surface area contributed by atoms with Crippen LogP contribution in [0, 0.1) is 0 Å². The average Bonchev–Trinajstić information content (AvgIpc) is 3.11. The van der Waals surface area contributed by atoms with Gasteiger partial charge in [0.1, 0.15) is 6.42 Å². The van der Waals surface area contributed by atoms with Crippen LogP contribution in [0.4, 0.5) is 5.69 Å². The number of anilines is 1. The van der Waals surface area contributed by atoms with E-state index >= 15 is 0 Å². The van der Waals surface area contributed by atoms with Crippen molar-refractivity contribution < 1.29 is 14.3 Å². The number of hydrogen-bond acceptors (Lipinski definition) is 4. The Labute approximate surface area is 166 Å². The van der Waals surface area contributed by atoms with Crippen LogP contribution in [0.5, 0.6) is 0 Å². The normalized spacial score (nSPS) is 16.7. The quantitative estimate of drug-likeness (QED) is 0.585. The molecule has 5 heteroatoms. The lowest BCUT2D eigenvalue weighted by Crippen LogP contribution is -2.29. The summed E-state index contributed by atoms with van der Waals surface area (Å²) in [5, 5.41) is 2.81. The fourth-order valence-corrected chi connectivity index (χ4v) is 3.78. The van der Waals surface area contributed by atoms with Crippen molar-refractivity contribution in [1.82, 2.24) is 4.90 Å². The van der Waals surface area contributed by atoms with Crippen LogP contribution in [0.15, 0.2) is 48.5 Å². The minimum Gasteiger partial charge on any atom is -0.469 e. The van der Waals surface area contributed by atoms with Crippen molar-refractivity contribution in [3.63, 3.8) is 0 Å². The first-order chi connectivity index (χ1) is 13.6. The van der Waals surface area contributed by atoms with Crippen molar-refractivity contribution in [3.05, 3.63) is 54.1 Å². The molecule has 0 saturated carbocycles. The molecule has 1 saturated heterocycles. The summed E-state index contributed by atoms with van der Waals surface area (Å²) in [6.45, 7) is 4.44. The molecule has 0 aromatic heterocycles. The van der Waals surface area contributed by atoms with Gasteiger partial charge in [0.2, 0.25) is 5.91 Å². The maximum atomic E-state index is 12.0. The first-order valence-corrected chi connectivity index (χ1v) is 9.86. The van der Waals surface area contributed by atoms with Crippen LogP contribution in [-0.2, 0) is 20.7 Å². The average molecular weight is 380 g/mol. The molecule has 3 rings (SSSR count). The zero-order valence-electron chi connectivity index (χ0n) is 16.6. The van der Waals surface area contributed by atoms with Gasteiger partial charge < -0.3 is 15.0 Å². The van der Waals surface area contributed by atoms with Gasteiger partial charge in [-0.25, -0.2) is 0 Å². The maximum absolute atomic E-state index is 12.0. The minimum absolute atomic E-state index is 0.280. The predicted molar refractivity (Wildman–Crippen MR) is 111 cm³/mol. The number of ether oxygens (including phenoxy) is 1. The SMILES string of the molecule is COC(=O)CC(=O)Nc1ccc(-c2ccccc2)c(CCN2CCCC2C)c1. The molecular weight excluding hydrogens is 352 g/mol. The van der Waals surface area contributed by atoms with Crippen molar-refractivity contribution in [3.8, 4) is 11.1 Å². The standard InChI is InChI=1S/C23H28N2O3/c1-17-7-6-13-25(17)14-12-19-15-20(24-22(26)16-23(27)28-2)10-11-21(19)18-8-4-3-5-9-18/h3-5,8-11,15,17H,6-7,12-14,16H2,1-2H3,(H,24,26). The van der Waals surface area contributed by atoms with E-state index in [0.29, 0.717) is 11.7 Å². The molecule has 148 valence electrons. The van der Waals surface area contributed by atoms with Gasteiger partial charge >= 0.3 is 5.97 Å². The number of carbonyl (C=O) groups excluding carboxylic acids is 2. The van der Waals surface area contributed by atoms with Crippen LogP contribution >= 0.6 is 0 Å². The summed E-state index contributed by atoms with van der Waals surface area (Å²) in [6, 6.07) is 16.9. The monoisotopic (exact) mass is 380 g/mol. The van der Waals surface area contributed by atoms with Gasteiger partial charge in [-0.1, -0.05) is 36.4 Å². The molecule has 0 spiro atoms. The lowest BCUT2D eigenvalue weighted by Gasteiger charge is -2.22. The van der Waals surface area contributed by atoms with Gasteiger partial charge in [-0.3, -0.25) is 9.59 Å². The van der Waals surface area contributed by atoms with Crippen molar-refractivity contribution in [2.75, 3.05) is 25.5 Å². The van der Waals surface area contributed by atoms with Crippen LogP contribution in [-0.4, -0.2) is 43.0 Å². The molecule has 0 radical (unpaired) electrons. The van der Waals surface area contributed by atoms with Crippen molar-refractivity contribution in [1.29, 1.82) is 0 Å². The molecular formula is C23H28N2O3. The number of esters is 1. The van der Waals surface area contributed by atoms with Gasteiger partial charge in [-0.15, -0.1) is 0 Å². The summed E-state index contributed by atoms with van der Waals surface area (Å²) in [5.74, 6) is -0.903. The summed E-state index contributed by atoms with van der Waals surface area (Å²) in [6.07, 6.45) is 3.15. The molecule has 28 heavy (non-hydrogen) atoms.